The quantitative estimate of drug-likeness (QED) is 0.505. The van der Waals surface area contributed by atoms with Crippen molar-refractivity contribution in [1.29, 1.82) is 0 Å². The Kier molecular flexibility index (Phi) is 4.29. The van der Waals surface area contributed by atoms with Crippen LogP contribution in [0, 0.1) is 17.0 Å². The van der Waals surface area contributed by atoms with Crippen LogP contribution in [-0.4, -0.2) is 4.92 Å². The highest BCUT2D eigenvalue weighted by molar-refractivity contribution is 8.00. The number of hydrogen-bond acceptors (Lipinski definition) is 4. The van der Waals surface area contributed by atoms with Gasteiger partial charge in [0.2, 0.25) is 0 Å². The second-order valence-corrected chi connectivity index (χ2v) is 5.23. The van der Waals surface area contributed by atoms with Crippen molar-refractivity contribution < 1.29 is 4.92 Å². The van der Waals surface area contributed by atoms with Gasteiger partial charge in [0.15, 0.2) is 0 Å². The maximum Gasteiger partial charge on any atom is 0.269 e. The van der Waals surface area contributed by atoms with Crippen molar-refractivity contribution in [2.24, 2.45) is 0 Å². The fraction of sp³-hybridized carbons (Fsp3) is 0.0769. The van der Waals surface area contributed by atoms with Gasteiger partial charge in [-0.15, -0.1) is 0 Å². The molecule has 0 saturated heterocycles. The normalized spacial score (nSPS) is 10.2. The van der Waals surface area contributed by atoms with Crippen LogP contribution in [-0.2, 0) is 0 Å². The summed E-state index contributed by atoms with van der Waals surface area (Å²) in [6.07, 6.45) is 0. The number of anilines is 1. The highest BCUT2D eigenvalue weighted by Crippen LogP contribution is 2.28. The van der Waals surface area contributed by atoms with Gasteiger partial charge in [0, 0.05) is 17.0 Å². The average molecular weight is 295 g/mol. The molecule has 0 atom stereocenters. The van der Waals surface area contributed by atoms with E-state index in [9.17, 15) is 10.1 Å². The Balaban J connectivity index is 2.06. The van der Waals surface area contributed by atoms with Crippen molar-refractivity contribution in [1.82, 2.24) is 0 Å². The van der Waals surface area contributed by atoms with Gasteiger partial charge in [0.05, 0.1) is 15.6 Å². The zero-order chi connectivity index (χ0) is 13.8. The monoisotopic (exact) mass is 294 g/mol. The first-order valence-corrected chi connectivity index (χ1v) is 6.69. The molecule has 2 aromatic rings. The van der Waals surface area contributed by atoms with Crippen LogP contribution in [0.2, 0.25) is 5.02 Å². The van der Waals surface area contributed by atoms with E-state index in [1.165, 1.54) is 24.1 Å². The molecule has 0 spiro atoms. The molecule has 0 heterocycles. The molecular weight excluding hydrogens is 284 g/mol. The Hall–Kier alpha value is -1.72. The lowest BCUT2D eigenvalue weighted by Gasteiger charge is -2.08. The zero-order valence-corrected chi connectivity index (χ0v) is 11.7. The number of nitro benzene ring substituents is 1. The topological polar surface area (TPSA) is 55.2 Å². The summed E-state index contributed by atoms with van der Waals surface area (Å²) in [6.45, 7) is 1.98. The van der Waals surface area contributed by atoms with E-state index < -0.39 is 4.92 Å². The molecule has 1 N–H and O–H groups in total. The van der Waals surface area contributed by atoms with Crippen LogP contribution >= 0.6 is 23.5 Å². The number of nitrogens with zero attached hydrogens (tertiary/aromatic N) is 1. The third kappa shape index (κ3) is 3.62. The number of rotatable bonds is 4. The maximum atomic E-state index is 10.5. The Bertz CT molecular complexity index is 602. The number of benzene rings is 2. The summed E-state index contributed by atoms with van der Waals surface area (Å²) in [4.78, 5) is 11.0. The molecule has 0 fully saturated rings. The summed E-state index contributed by atoms with van der Waals surface area (Å²) in [6, 6.07) is 12.0. The molecule has 19 heavy (non-hydrogen) atoms. The van der Waals surface area contributed by atoms with E-state index in [0.717, 1.165) is 16.1 Å². The smallest absolute Gasteiger partial charge is 0.269 e. The number of non-ortho nitro benzene ring substituents is 1. The van der Waals surface area contributed by atoms with E-state index in [1.54, 1.807) is 12.1 Å². The van der Waals surface area contributed by atoms with Gasteiger partial charge in [-0.1, -0.05) is 17.7 Å². The second kappa shape index (κ2) is 5.95. The summed E-state index contributed by atoms with van der Waals surface area (Å²) in [5.74, 6) is 0. The lowest BCUT2D eigenvalue weighted by Crippen LogP contribution is -1.90. The summed E-state index contributed by atoms with van der Waals surface area (Å²) < 4.78 is 3.13. The van der Waals surface area contributed by atoms with Crippen molar-refractivity contribution in [3.05, 3.63) is 63.2 Å². The fourth-order valence-electron chi connectivity index (χ4n) is 1.47. The highest BCUT2D eigenvalue weighted by Gasteiger charge is 2.05. The zero-order valence-electron chi connectivity index (χ0n) is 10.1. The van der Waals surface area contributed by atoms with Crippen LogP contribution in [0.5, 0.6) is 0 Å². The Morgan fingerprint density at radius 1 is 1.21 bits per heavy atom. The lowest BCUT2D eigenvalue weighted by atomic mass is 10.2. The molecule has 0 aliphatic carbocycles. The number of aryl methyl sites for hydroxylation is 1. The Morgan fingerprint density at radius 2 is 1.89 bits per heavy atom. The molecule has 98 valence electrons. The standard InChI is InChI=1S/C13H11ClN2O2S/c1-9-2-7-12(14)13(8-9)15-19-11-5-3-10(4-6-11)16(17)18/h2-8,15H,1H3. The van der Waals surface area contributed by atoms with Crippen molar-refractivity contribution in [3.63, 3.8) is 0 Å². The molecule has 0 bridgehead atoms. The van der Waals surface area contributed by atoms with E-state index in [4.69, 9.17) is 11.6 Å². The summed E-state index contributed by atoms with van der Waals surface area (Å²) in [7, 11) is 0. The molecule has 0 radical (unpaired) electrons. The van der Waals surface area contributed by atoms with Crippen LogP contribution in [0.3, 0.4) is 0 Å². The molecule has 0 unspecified atom stereocenters. The molecular formula is C13H11ClN2O2S. The molecule has 6 heteroatoms. The number of hydrogen-bond donors (Lipinski definition) is 1. The van der Waals surface area contributed by atoms with Crippen LogP contribution in [0.1, 0.15) is 5.56 Å². The van der Waals surface area contributed by atoms with Gasteiger partial charge in [-0.3, -0.25) is 10.1 Å². The van der Waals surface area contributed by atoms with Crippen LogP contribution in [0.15, 0.2) is 47.4 Å². The minimum absolute atomic E-state index is 0.0814. The summed E-state index contributed by atoms with van der Waals surface area (Å²) in [5.41, 5.74) is 2.01. The fourth-order valence-corrected chi connectivity index (χ4v) is 2.36. The van der Waals surface area contributed by atoms with E-state index in [2.05, 4.69) is 4.72 Å². The van der Waals surface area contributed by atoms with E-state index in [0.29, 0.717) is 5.02 Å². The summed E-state index contributed by atoms with van der Waals surface area (Å²) >= 11 is 7.42. The van der Waals surface area contributed by atoms with Crippen molar-refractivity contribution in [2.45, 2.75) is 11.8 Å². The van der Waals surface area contributed by atoms with Gasteiger partial charge in [-0.2, -0.15) is 0 Å². The molecule has 0 aromatic heterocycles. The molecule has 0 aliphatic rings. The van der Waals surface area contributed by atoms with Crippen LogP contribution in [0.25, 0.3) is 0 Å². The predicted molar refractivity (Wildman–Crippen MR) is 78.8 cm³/mol. The van der Waals surface area contributed by atoms with Crippen molar-refractivity contribution >= 4 is 34.9 Å². The maximum absolute atomic E-state index is 10.5. The second-order valence-electron chi connectivity index (χ2n) is 3.94. The SMILES string of the molecule is Cc1ccc(Cl)c(NSc2ccc([N+](=O)[O-])cc2)c1. The van der Waals surface area contributed by atoms with Crippen molar-refractivity contribution in [3.8, 4) is 0 Å². The minimum atomic E-state index is -0.417. The van der Waals surface area contributed by atoms with Crippen LogP contribution in [0.4, 0.5) is 11.4 Å². The van der Waals surface area contributed by atoms with Gasteiger partial charge in [-0.25, -0.2) is 0 Å². The predicted octanol–water partition coefficient (Wildman–Crippen LogP) is 4.68. The Labute approximate surface area is 120 Å². The molecule has 0 aliphatic heterocycles. The van der Waals surface area contributed by atoms with Gasteiger partial charge >= 0.3 is 0 Å². The molecule has 2 aromatic carbocycles. The van der Waals surface area contributed by atoms with E-state index in [-0.39, 0.29) is 5.69 Å². The number of nitro groups is 1. The lowest BCUT2D eigenvalue weighted by molar-refractivity contribution is -0.384. The van der Waals surface area contributed by atoms with E-state index >= 15 is 0 Å². The van der Waals surface area contributed by atoms with Gasteiger partial charge < -0.3 is 4.72 Å². The summed E-state index contributed by atoms with van der Waals surface area (Å²) in [5, 5.41) is 11.2. The number of halogens is 1. The third-order valence-electron chi connectivity index (χ3n) is 2.45. The first-order chi connectivity index (χ1) is 9.06. The number of nitrogens with one attached hydrogen (secondary N) is 1. The van der Waals surface area contributed by atoms with Crippen molar-refractivity contribution in [2.75, 3.05) is 4.72 Å². The minimum Gasteiger partial charge on any atom is -0.324 e. The van der Waals surface area contributed by atoms with Gasteiger partial charge in [0.25, 0.3) is 5.69 Å². The Morgan fingerprint density at radius 3 is 2.53 bits per heavy atom. The average Bonchev–Trinajstić information content (AvgIpc) is 2.40. The first-order valence-electron chi connectivity index (χ1n) is 5.50. The third-order valence-corrected chi connectivity index (χ3v) is 3.61. The van der Waals surface area contributed by atoms with Gasteiger partial charge in [0.1, 0.15) is 0 Å². The largest absolute Gasteiger partial charge is 0.324 e. The van der Waals surface area contributed by atoms with E-state index in [1.807, 2.05) is 25.1 Å². The molecule has 0 amide bonds. The van der Waals surface area contributed by atoms with Crippen LogP contribution < -0.4 is 4.72 Å². The highest BCUT2D eigenvalue weighted by atomic mass is 35.5. The first kappa shape index (κ1) is 13.7. The molecule has 0 saturated carbocycles. The molecule has 2 rings (SSSR count). The van der Waals surface area contributed by atoms with Gasteiger partial charge in [-0.05, 0) is 48.7 Å². The molecule has 4 nitrogen and oxygen atoms in total.